The van der Waals surface area contributed by atoms with Gasteiger partial charge in [0.15, 0.2) is 0 Å². The quantitative estimate of drug-likeness (QED) is 0.899. The van der Waals surface area contributed by atoms with E-state index in [0.29, 0.717) is 6.54 Å². The number of hydrogen-bond donors (Lipinski definition) is 2. The number of carbonyl (C=O) groups excluding carboxylic acids is 1. The number of aliphatic hydroxyl groups excluding tert-OH is 1. The van der Waals surface area contributed by atoms with Crippen molar-refractivity contribution in [2.75, 3.05) is 6.54 Å². The molecule has 5 heteroatoms. The standard InChI is InChI=1S/C16H21N3O2/c20-15-8-4-1-5-12(15)9-17-16(21)10-19-11-18-13-6-2-3-7-14(13)19/h2-3,6-7,11-12,15,20H,1,4-5,8-10H2,(H,17,21). The Bertz CT molecular complexity index is 623. The summed E-state index contributed by atoms with van der Waals surface area (Å²) in [6.07, 6.45) is 5.51. The molecule has 1 saturated carbocycles. The van der Waals surface area contributed by atoms with Crippen LogP contribution < -0.4 is 5.32 Å². The first-order valence-electron chi connectivity index (χ1n) is 7.58. The van der Waals surface area contributed by atoms with Crippen LogP contribution in [0.1, 0.15) is 25.7 Å². The van der Waals surface area contributed by atoms with E-state index < -0.39 is 0 Å². The van der Waals surface area contributed by atoms with Crippen molar-refractivity contribution in [3.63, 3.8) is 0 Å². The number of aliphatic hydroxyl groups is 1. The van der Waals surface area contributed by atoms with Gasteiger partial charge in [-0.15, -0.1) is 0 Å². The third-order valence-corrected chi connectivity index (χ3v) is 4.27. The zero-order valence-corrected chi connectivity index (χ0v) is 12.0. The molecule has 1 aromatic carbocycles. The molecule has 1 aromatic heterocycles. The fourth-order valence-corrected chi connectivity index (χ4v) is 3.02. The highest BCUT2D eigenvalue weighted by Gasteiger charge is 2.23. The molecule has 21 heavy (non-hydrogen) atoms. The zero-order valence-electron chi connectivity index (χ0n) is 12.0. The second kappa shape index (κ2) is 6.26. The summed E-state index contributed by atoms with van der Waals surface area (Å²) in [5, 5.41) is 12.9. The second-order valence-corrected chi connectivity index (χ2v) is 5.78. The number of imidazole rings is 1. The predicted molar refractivity (Wildman–Crippen MR) is 80.7 cm³/mol. The molecule has 5 nitrogen and oxygen atoms in total. The SMILES string of the molecule is O=C(Cn1cnc2ccccc21)NCC1CCCCC1O. The van der Waals surface area contributed by atoms with Crippen molar-refractivity contribution in [3.8, 4) is 0 Å². The molecule has 1 aliphatic carbocycles. The highest BCUT2D eigenvalue weighted by molar-refractivity contribution is 5.80. The van der Waals surface area contributed by atoms with Gasteiger partial charge >= 0.3 is 0 Å². The maximum Gasteiger partial charge on any atom is 0.240 e. The number of fused-ring (bicyclic) bond motifs is 1. The molecule has 0 bridgehead atoms. The lowest BCUT2D eigenvalue weighted by molar-refractivity contribution is -0.122. The van der Waals surface area contributed by atoms with E-state index in [9.17, 15) is 9.90 Å². The molecule has 2 aromatic rings. The normalized spacial score (nSPS) is 22.3. The van der Waals surface area contributed by atoms with Crippen molar-refractivity contribution in [2.24, 2.45) is 5.92 Å². The molecule has 2 N–H and O–H groups in total. The van der Waals surface area contributed by atoms with Crippen molar-refractivity contribution in [2.45, 2.75) is 38.3 Å². The van der Waals surface area contributed by atoms with Crippen LogP contribution in [0.15, 0.2) is 30.6 Å². The van der Waals surface area contributed by atoms with E-state index in [-0.39, 0.29) is 24.5 Å². The van der Waals surface area contributed by atoms with E-state index in [2.05, 4.69) is 10.3 Å². The summed E-state index contributed by atoms with van der Waals surface area (Å²) in [5.41, 5.74) is 1.86. The number of nitrogens with one attached hydrogen (secondary N) is 1. The first-order valence-corrected chi connectivity index (χ1v) is 7.58. The van der Waals surface area contributed by atoms with Gasteiger partial charge in [0.05, 0.1) is 23.5 Å². The maximum absolute atomic E-state index is 12.1. The minimum Gasteiger partial charge on any atom is -0.393 e. The van der Waals surface area contributed by atoms with Gasteiger partial charge in [-0.3, -0.25) is 4.79 Å². The number of rotatable bonds is 4. The zero-order chi connectivity index (χ0) is 14.7. The van der Waals surface area contributed by atoms with Crippen molar-refractivity contribution in [3.05, 3.63) is 30.6 Å². The summed E-state index contributed by atoms with van der Waals surface area (Å²) in [5.74, 6) is 0.165. The summed E-state index contributed by atoms with van der Waals surface area (Å²) in [7, 11) is 0. The van der Waals surface area contributed by atoms with Gasteiger partial charge in [0.1, 0.15) is 6.54 Å². The Morgan fingerprint density at radius 2 is 2.14 bits per heavy atom. The molecule has 0 aliphatic heterocycles. The minimum atomic E-state index is -0.270. The van der Waals surface area contributed by atoms with Gasteiger partial charge in [0, 0.05) is 12.5 Å². The van der Waals surface area contributed by atoms with Gasteiger partial charge in [0.25, 0.3) is 0 Å². The van der Waals surface area contributed by atoms with Crippen molar-refractivity contribution >= 4 is 16.9 Å². The number of hydrogen-bond acceptors (Lipinski definition) is 3. The molecule has 2 atom stereocenters. The van der Waals surface area contributed by atoms with Gasteiger partial charge < -0.3 is 15.0 Å². The van der Waals surface area contributed by atoms with Crippen LogP contribution >= 0.6 is 0 Å². The monoisotopic (exact) mass is 287 g/mol. The van der Waals surface area contributed by atoms with E-state index in [1.165, 1.54) is 0 Å². The molecule has 1 fully saturated rings. The van der Waals surface area contributed by atoms with Crippen molar-refractivity contribution < 1.29 is 9.90 Å². The molecule has 1 aliphatic rings. The third kappa shape index (κ3) is 3.24. The van der Waals surface area contributed by atoms with Crippen LogP contribution in [0.3, 0.4) is 0 Å². The van der Waals surface area contributed by atoms with E-state index in [1.807, 2.05) is 28.8 Å². The topological polar surface area (TPSA) is 67.2 Å². The van der Waals surface area contributed by atoms with Crippen molar-refractivity contribution in [1.29, 1.82) is 0 Å². The minimum absolute atomic E-state index is 0.0315. The fraction of sp³-hybridized carbons (Fsp3) is 0.500. The maximum atomic E-state index is 12.1. The summed E-state index contributed by atoms with van der Waals surface area (Å²) >= 11 is 0. The molecule has 2 unspecified atom stereocenters. The van der Waals surface area contributed by atoms with Gasteiger partial charge in [0.2, 0.25) is 5.91 Å². The van der Waals surface area contributed by atoms with Crippen LogP contribution in [0.2, 0.25) is 0 Å². The Labute approximate surface area is 124 Å². The predicted octanol–water partition coefficient (Wildman–Crippen LogP) is 1.70. The van der Waals surface area contributed by atoms with Crippen LogP contribution in [0.4, 0.5) is 0 Å². The summed E-state index contributed by atoms with van der Waals surface area (Å²) < 4.78 is 1.85. The average molecular weight is 287 g/mol. The van der Waals surface area contributed by atoms with E-state index >= 15 is 0 Å². The van der Waals surface area contributed by atoms with Gasteiger partial charge in [-0.1, -0.05) is 25.0 Å². The average Bonchev–Trinajstić information content (AvgIpc) is 2.90. The van der Waals surface area contributed by atoms with E-state index in [0.717, 1.165) is 36.7 Å². The first-order chi connectivity index (χ1) is 10.2. The van der Waals surface area contributed by atoms with Crippen LogP contribution in [0.5, 0.6) is 0 Å². The van der Waals surface area contributed by atoms with Crippen LogP contribution in [-0.4, -0.2) is 33.2 Å². The van der Waals surface area contributed by atoms with Crippen LogP contribution in [0.25, 0.3) is 11.0 Å². The summed E-state index contributed by atoms with van der Waals surface area (Å²) in [6.45, 7) is 0.829. The van der Waals surface area contributed by atoms with E-state index in [1.54, 1.807) is 6.33 Å². The molecular formula is C16H21N3O2. The van der Waals surface area contributed by atoms with Gasteiger partial charge in [-0.05, 0) is 25.0 Å². The first kappa shape index (κ1) is 14.1. The Hall–Kier alpha value is -1.88. The second-order valence-electron chi connectivity index (χ2n) is 5.78. The molecule has 0 spiro atoms. The molecule has 3 rings (SSSR count). The number of para-hydroxylation sites is 2. The van der Waals surface area contributed by atoms with E-state index in [4.69, 9.17) is 0 Å². The Morgan fingerprint density at radius 3 is 3.00 bits per heavy atom. The largest absolute Gasteiger partial charge is 0.393 e. The summed E-state index contributed by atoms with van der Waals surface area (Å²) in [6, 6.07) is 7.77. The molecule has 1 amide bonds. The highest BCUT2D eigenvalue weighted by Crippen LogP contribution is 2.23. The molecule has 112 valence electrons. The molecule has 1 heterocycles. The lowest BCUT2D eigenvalue weighted by Gasteiger charge is -2.27. The van der Waals surface area contributed by atoms with Crippen LogP contribution in [-0.2, 0) is 11.3 Å². The number of nitrogens with zero attached hydrogens (tertiary/aromatic N) is 2. The molecular weight excluding hydrogens is 266 g/mol. The lowest BCUT2D eigenvalue weighted by atomic mass is 9.86. The Kier molecular flexibility index (Phi) is 4.20. The number of amides is 1. The smallest absolute Gasteiger partial charge is 0.240 e. The Morgan fingerprint density at radius 1 is 1.33 bits per heavy atom. The van der Waals surface area contributed by atoms with Crippen molar-refractivity contribution in [1.82, 2.24) is 14.9 Å². The fourth-order valence-electron chi connectivity index (χ4n) is 3.02. The van der Waals surface area contributed by atoms with Crippen LogP contribution in [0, 0.1) is 5.92 Å². The highest BCUT2D eigenvalue weighted by atomic mass is 16.3. The van der Waals surface area contributed by atoms with Gasteiger partial charge in [-0.25, -0.2) is 4.98 Å². The molecule has 0 saturated heterocycles. The molecule has 0 radical (unpaired) electrons. The van der Waals surface area contributed by atoms with Gasteiger partial charge in [-0.2, -0.15) is 0 Å². The third-order valence-electron chi connectivity index (χ3n) is 4.27. The summed E-state index contributed by atoms with van der Waals surface area (Å²) in [4.78, 5) is 16.3. The lowest BCUT2D eigenvalue weighted by Crippen LogP contribution is -2.37. The Balaban J connectivity index is 1.56. The number of benzene rings is 1. The number of aromatic nitrogens is 2. The number of carbonyl (C=O) groups is 1.